The largest absolute Gasteiger partial charge is 0.377 e. The van der Waals surface area contributed by atoms with E-state index in [0.29, 0.717) is 18.0 Å². The quantitative estimate of drug-likeness (QED) is 0.704. The summed E-state index contributed by atoms with van der Waals surface area (Å²) in [5, 5.41) is 1.68. The Bertz CT molecular complexity index is 758. The molecule has 140 valence electrons. The Morgan fingerprint density at radius 1 is 0.960 bits per heavy atom. The van der Waals surface area contributed by atoms with E-state index in [0.717, 1.165) is 35.7 Å². The molecule has 25 heavy (non-hydrogen) atoms. The van der Waals surface area contributed by atoms with Crippen LogP contribution in [0.5, 0.6) is 0 Å². The second-order valence-corrected chi connectivity index (χ2v) is 7.51. The van der Waals surface area contributed by atoms with Gasteiger partial charge in [0.05, 0.1) is 4.90 Å². The molecule has 2 aromatic rings. The Morgan fingerprint density at radius 3 is 2.24 bits per heavy atom. The van der Waals surface area contributed by atoms with Gasteiger partial charge in [-0.2, -0.15) is 0 Å². The first-order valence-corrected chi connectivity index (χ1v) is 10.3. The van der Waals surface area contributed by atoms with Gasteiger partial charge in [-0.15, -0.1) is 0 Å². The van der Waals surface area contributed by atoms with Crippen molar-refractivity contribution in [3.05, 3.63) is 36.4 Å². The Kier molecular flexibility index (Phi) is 8.89. The van der Waals surface area contributed by atoms with Crippen molar-refractivity contribution < 1.29 is 8.42 Å². The number of anilines is 1. The maximum atomic E-state index is 12.6. The molecule has 0 aliphatic rings. The zero-order valence-corrected chi connectivity index (χ0v) is 16.6. The normalized spacial score (nSPS) is 11.1. The predicted octanol–water partition coefficient (Wildman–Crippen LogP) is 3.34. The van der Waals surface area contributed by atoms with Gasteiger partial charge in [0.15, 0.2) is 0 Å². The third kappa shape index (κ3) is 5.70. The molecule has 0 unspecified atom stereocenters. The maximum Gasteiger partial charge on any atom is 0.241 e. The topological polar surface area (TPSA) is 75.4 Å². The summed E-state index contributed by atoms with van der Waals surface area (Å²) in [6.07, 6.45) is 2.64. The minimum Gasteiger partial charge on any atom is -0.377 e. The van der Waals surface area contributed by atoms with Crippen LogP contribution in [-0.2, 0) is 10.0 Å². The minimum absolute atomic E-state index is 0.331. The van der Waals surface area contributed by atoms with Crippen LogP contribution in [0.1, 0.15) is 33.1 Å². The van der Waals surface area contributed by atoms with Crippen molar-refractivity contribution in [2.24, 2.45) is 5.73 Å². The van der Waals surface area contributed by atoms with Crippen LogP contribution in [0.4, 0.5) is 5.69 Å². The van der Waals surface area contributed by atoms with E-state index in [1.165, 1.54) is 0 Å². The zero-order chi connectivity index (χ0) is 18.9. The number of nitrogens with one attached hydrogen (secondary N) is 1. The number of benzene rings is 2. The molecule has 0 aliphatic heterocycles. The molecule has 0 atom stereocenters. The number of sulfonamides is 1. The number of nitrogens with two attached hydrogens (primary N) is 1. The van der Waals surface area contributed by atoms with Crippen LogP contribution in [0.2, 0.25) is 0 Å². The smallest absolute Gasteiger partial charge is 0.241 e. The second-order valence-electron chi connectivity index (χ2n) is 5.77. The Hall–Kier alpha value is -1.63. The molecule has 2 aromatic carbocycles. The Labute approximate surface area is 152 Å². The highest BCUT2D eigenvalue weighted by molar-refractivity contribution is 7.89. The minimum atomic E-state index is -3.52. The summed E-state index contributed by atoms with van der Waals surface area (Å²) >= 11 is 0. The summed E-state index contributed by atoms with van der Waals surface area (Å²) in [6.45, 7) is 5.08. The summed E-state index contributed by atoms with van der Waals surface area (Å²) in [4.78, 5) is 2.32. The van der Waals surface area contributed by atoms with Gasteiger partial charge in [0.1, 0.15) is 0 Å². The van der Waals surface area contributed by atoms with E-state index < -0.39 is 10.0 Å². The molecule has 0 amide bonds. The molecule has 0 spiro atoms. The highest BCUT2D eigenvalue weighted by Crippen LogP contribution is 2.30. The fourth-order valence-electron chi connectivity index (χ4n) is 2.62. The predicted molar refractivity (Wildman–Crippen MR) is 108 cm³/mol. The average molecular weight is 366 g/mol. The molecule has 0 saturated carbocycles. The van der Waals surface area contributed by atoms with Crippen molar-refractivity contribution in [1.29, 1.82) is 0 Å². The van der Waals surface area contributed by atoms with Crippen LogP contribution in [0.25, 0.3) is 10.8 Å². The number of hydrogen-bond acceptors (Lipinski definition) is 4. The Balaban J connectivity index is 0.00000151. The molecule has 3 N–H and O–H groups in total. The zero-order valence-electron chi connectivity index (χ0n) is 15.7. The molecular weight excluding hydrogens is 334 g/mol. The molecule has 0 fully saturated rings. The highest BCUT2D eigenvalue weighted by atomic mass is 32.2. The van der Waals surface area contributed by atoms with Crippen molar-refractivity contribution in [3.8, 4) is 0 Å². The van der Waals surface area contributed by atoms with Gasteiger partial charge in [-0.05, 0) is 31.5 Å². The second kappa shape index (κ2) is 10.4. The van der Waals surface area contributed by atoms with E-state index in [2.05, 4.69) is 4.72 Å². The maximum absolute atomic E-state index is 12.6. The lowest BCUT2D eigenvalue weighted by Gasteiger charge is -2.17. The molecule has 0 radical (unpaired) electrons. The summed E-state index contributed by atoms with van der Waals surface area (Å²) in [7, 11) is 0.384. The van der Waals surface area contributed by atoms with E-state index in [-0.39, 0.29) is 0 Å². The molecule has 0 aliphatic carbocycles. The first-order valence-electron chi connectivity index (χ1n) is 8.86. The fourth-order valence-corrected chi connectivity index (χ4v) is 3.91. The van der Waals surface area contributed by atoms with Gasteiger partial charge in [0.2, 0.25) is 10.0 Å². The van der Waals surface area contributed by atoms with Gasteiger partial charge in [-0.25, -0.2) is 13.1 Å². The van der Waals surface area contributed by atoms with Gasteiger partial charge in [-0.1, -0.05) is 44.5 Å². The first kappa shape index (κ1) is 21.4. The van der Waals surface area contributed by atoms with Crippen LogP contribution in [0.15, 0.2) is 41.3 Å². The van der Waals surface area contributed by atoms with Crippen molar-refractivity contribution in [3.63, 3.8) is 0 Å². The van der Waals surface area contributed by atoms with Crippen LogP contribution in [0.3, 0.4) is 0 Å². The average Bonchev–Trinajstić information content (AvgIpc) is 2.62. The van der Waals surface area contributed by atoms with Crippen LogP contribution in [0, 0.1) is 0 Å². The van der Waals surface area contributed by atoms with E-state index in [1.54, 1.807) is 12.1 Å². The van der Waals surface area contributed by atoms with Crippen molar-refractivity contribution in [1.82, 2.24) is 4.72 Å². The van der Waals surface area contributed by atoms with Gasteiger partial charge in [0, 0.05) is 37.1 Å². The van der Waals surface area contributed by atoms with Gasteiger partial charge in [0.25, 0.3) is 0 Å². The lowest BCUT2D eigenvalue weighted by Crippen LogP contribution is -2.25. The number of fused-ring (bicyclic) bond motifs is 1. The molecule has 6 heteroatoms. The van der Waals surface area contributed by atoms with Crippen LogP contribution >= 0.6 is 0 Å². The van der Waals surface area contributed by atoms with Crippen LogP contribution < -0.4 is 15.4 Å². The molecule has 0 aromatic heterocycles. The third-order valence-corrected chi connectivity index (χ3v) is 5.32. The summed E-state index contributed by atoms with van der Waals surface area (Å²) < 4.78 is 27.9. The van der Waals surface area contributed by atoms with E-state index in [1.807, 2.05) is 57.1 Å². The lowest BCUT2D eigenvalue weighted by molar-refractivity contribution is 0.576. The molecule has 2 rings (SSSR count). The first-order chi connectivity index (χ1) is 12.0. The fraction of sp³-hybridized carbons (Fsp3) is 0.474. The third-order valence-electron chi connectivity index (χ3n) is 3.80. The number of hydrogen-bond donors (Lipinski definition) is 2. The summed E-state index contributed by atoms with van der Waals surface area (Å²) in [5.74, 6) is 0. The molecule has 0 saturated heterocycles. The molecule has 0 heterocycles. The number of rotatable bonds is 8. The van der Waals surface area contributed by atoms with E-state index in [9.17, 15) is 8.42 Å². The van der Waals surface area contributed by atoms with Crippen LogP contribution in [-0.4, -0.2) is 35.6 Å². The molecular formula is C19H31N3O2S. The Morgan fingerprint density at radius 2 is 1.60 bits per heavy atom. The summed E-state index contributed by atoms with van der Waals surface area (Å²) in [5.41, 5.74) is 6.45. The molecule has 0 bridgehead atoms. The van der Waals surface area contributed by atoms with E-state index in [4.69, 9.17) is 5.73 Å². The number of unbranched alkanes of at least 4 members (excludes halogenated alkanes) is 2. The van der Waals surface area contributed by atoms with Crippen molar-refractivity contribution in [2.45, 2.75) is 38.0 Å². The lowest BCUT2D eigenvalue weighted by atomic mass is 10.1. The van der Waals surface area contributed by atoms with Gasteiger partial charge in [-0.3, -0.25) is 0 Å². The van der Waals surface area contributed by atoms with Gasteiger partial charge >= 0.3 is 0 Å². The SMILES string of the molecule is CC.CN(C)c1cccc2c(S(=O)(=O)NCCCCCN)cccc12. The standard InChI is InChI=1S/C17H25N3O2S.C2H6/c1-20(2)16-10-6-9-15-14(16)8-7-11-17(15)23(21,22)19-13-5-3-4-12-18;1-2/h6-11,19H,3-5,12-13,18H2,1-2H3;1-2H3. The van der Waals surface area contributed by atoms with Crippen molar-refractivity contribution >= 4 is 26.5 Å². The summed E-state index contributed by atoms with van der Waals surface area (Å²) in [6, 6.07) is 11.1. The van der Waals surface area contributed by atoms with Gasteiger partial charge < -0.3 is 10.6 Å². The number of nitrogens with zero attached hydrogens (tertiary/aromatic N) is 1. The van der Waals surface area contributed by atoms with Crippen molar-refractivity contribution in [2.75, 3.05) is 32.1 Å². The highest BCUT2D eigenvalue weighted by Gasteiger charge is 2.17. The van der Waals surface area contributed by atoms with E-state index >= 15 is 0 Å². The molecule has 5 nitrogen and oxygen atoms in total. The monoisotopic (exact) mass is 365 g/mol.